The van der Waals surface area contributed by atoms with Gasteiger partial charge in [-0.2, -0.15) is 20.0 Å². The number of aryl methyl sites for hydroxylation is 1. The largest absolute Gasteiger partial charge is 0.277 e. The maximum atomic E-state index is 12.1. The molecule has 0 aliphatic carbocycles. The smallest absolute Gasteiger partial charge is 0.267 e. The second-order valence-corrected chi connectivity index (χ2v) is 7.41. The van der Waals surface area contributed by atoms with E-state index in [9.17, 15) is 38.8 Å². The molecule has 0 aliphatic rings. The van der Waals surface area contributed by atoms with Gasteiger partial charge < -0.3 is 0 Å². The molecule has 0 unspecified atom stereocenters. The van der Waals surface area contributed by atoms with Crippen LogP contribution in [-0.2, 0) is 6.42 Å². The lowest BCUT2D eigenvalue weighted by Crippen LogP contribution is -2.28. The first-order valence-corrected chi connectivity index (χ1v) is 10.7. The van der Waals surface area contributed by atoms with Crippen LogP contribution < -0.4 is 0 Å². The number of hydrogen-bond acceptors (Lipinski definition) is 12. The molecule has 0 fully saturated rings. The van der Waals surface area contributed by atoms with Crippen molar-refractivity contribution in [2.45, 2.75) is 13.3 Å². The molecule has 0 heterocycles. The summed E-state index contributed by atoms with van der Waals surface area (Å²) in [6.45, 7) is 1.80. The molecule has 0 saturated heterocycles. The molecule has 0 bridgehead atoms. The van der Waals surface area contributed by atoms with Crippen LogP contribution in [0.4, 0.5) is 0 Å². The fourth-order valence-corrected chi connectivity index (χ4v) is 2.94. The molecule has 38 heavy (non-hydrogen) atoms. The number of nitrogens with zero attached hydrogens (tertiary/aromatic N) is 8. The van der Waals surface area contributed by atoms with Gasteiger partial charge in [0.05, 0.1) is 32.3 Å². The molecule has 0 spiro atoms. The number of amides is 4. The van der Waals surface area contributed by atoms with Crippen LogP contribution in [0.1, 0.15) is 53.9 Å². The van der Waals surface area contributed by atoms with Crippen molar-refractivity contribution in [3.8, 4) is 0 Å². The van der Waals surface area contributed by atoms with Crippen LogP contribution in [0, 0.1) is 19.6 Å². The Balaban J connectivity index is 0.000000382. The zero-order valence-corrected chi connectivity index (χ0v) is 21.1. The van der Waals surface area contributed by atoms with Gasteiger partial charge in [-0.15, -0.1) is 19.6 Å². The molecular formula is C22H24N8O8. The molecule has 16 heteroatoms. The van der Waals surface area contributed by atoms with Crippen LogP contribution in [0.25, 0.3) is 0 Å². The predicted molar refractivity (Wildman–Crippen MR) is 134 cm³/mol. The Hall–Kier alpha value is -5.28. The first kappa shape index (κ1) is 30.8. The van der Waals surface area contributed by atoms with Crippen molar-refractivity contribution in [2.75, 3.05) is 28.2 Å². The molecule has 0 N–H and O–H groups in total. The summed E-state index contributed by atoms with van der Waals surface area (Å²) in [7, 11) is 4.82. The summed E-state index contributed by atoms with van der Waals surface area (Å²) < 4.78 is 0. The molecular weight excluding hydrogens is 504 g/mol. The van der Waals surface area contributed by atoms with Crippen LogP contribution in [0.3, 0.4) is 0 Å². The molecule has 0 atom stereocenters. The van der Waals surface area contributed by atoms with Gasteiger partial charge >= 0.3 is 0 Å². The van der Waals surface area contributed by atoms with Gasteiger partial charge in [0, 0.05) is 39.3 Å². The van der Waals surface area contributed by atoms with E-state index in [0.29, 0.717) is 32.0 Å². The summed E-state index contributed by atoms with van der Waals surface area (Å²) in [6.07, 6.45) is 0.479. The first-order valence-electron chi connectivity index (χ1n) is 10.7. The van der Waals surface area contributed by atoms with Crippen molar-refractivity contribution < 1.29 is 19.2 Å². The summed E-state index contributed by atoms with van der Waals surface area (Å²) in [6, 6.07) is 10.1. The topological polar surface area (TPSA) is 199 Å². The van der Waals surface area contributed by atoms with Crippen molar-refractivity contribution in [3.05, 3.63) is 89.9 Å². The Kier molecular flexibility index (Phi) is 11.6. The van der Waals surface area contributed by atoms with Gasteiger partial charge in [-0.05, 0) is 42.3 Å². The second kappa shape index (κ2) is 14.3. The Labute approximate surface area is 215 Å². The number of carbonyl (C=O) groups excluding carboxylic acids is 4. The highest BCUT2D eigenvalue weighted by atomic mass is 16.3. The lowest BCUT2D eigenvalue weighted by atomic mass is 9.97. The Morgan fingerprint density at radius 2 is 0.947 bits per heavy atom. The SMILES string of the molecule is CCc1cccc(C(=O)N(C)N=O)c1C(=O)N(C)N=O.CN(N=O)C(=O)c1ccc(C(=O)N(C)N=O)cc1. The number of hydrogen-bond donors (Lipinski definition) is 0. The maximum Gasteiger partial charge on any atom is 0.277 e. The zero-order valence-electron chi connectivity index (χ0n) is 21.1. The molecule has 0 aromatic heterocycles. The summed E-state index contributed by atoms with van der Waals surface area (Å²) in [5, 5.41) is 12.4. The summed E-state index contributed by atoms with van der Waals surface area (Å²) >= 11 is 0. The van der Waals surface area contributed by atoms with Crippen molar-refractivity contribution in [3.63, 3.8) is 0 Å². The predicted octanol–water partition coefficient (Wildman–Crippen LogP) is 2.95. The molecule has 4 amide bonds. The van der Waals surface area contributed by atoms with Crippen LogP contribution in [0.2, 0.25) is 0 Å². The van der Waals surface area contributed by atoms with E-state index in [4.69, 9.17) is 0 Å². The molecule has 2 aromatic carbocycles. The van der Waals surface area contributed by atoms with Crippen LogP contribution >= 0.6 is 0 Å². The van der Waals surface area contributed by atoms with Crippen molar-refractivity contribution in [1.29, 1.82) is 0 Å². The molecule has 0 aliphatic heterocycles. The van der Waals surface area contributed by atoms with Crippen molar-refractivity contribution in [2.24, 2.45) is 21.1 Å². The van der Waals surface area contributed by atoms with Gasteiger partial charge in [-0.3, -0.25) is 19.2 Å². The molecule has 2 rings (SSSR count). The van der Waals surface area contributed by atoms with Gasteiger partial charge in [0.15, 0.2) is 0 Å². The number of nitroso groups, excluding NO2 is 4. The lowest BCUT2D eigenvalue weighted by molar-refractivity contribution is 0.0757. The second-order valence-electron chi connectivity index (χ2n) is 7.41. The standard InChI is InChI=1S/C12H14N4O4.C10H10N4O4/c1-4-8-6-5-7-9(11(17)15(2)13-19)10(8)12(18)16(3)14-20;1-13(11-17)9(15)7-3-5-8(6-4-7)10(16)14(2)12-18/h5-7H,4H2,1-3H3;3-6H,1-2H3. The number of rotatable bonds is 9. The minimum absolute atomic E-state index is 0.00644. The average molecular weight is 528 g/mol. The quantitative estimate of drug-likeness (QED) is 0.349. The van der Waals surface area contributed by atoms with Crippen molar-refractivity contribution >= 4 is 23.6 Å². The minimum Gasteiger partial charge on any atom is -0.267 e. The molecule has 200 valence electrons. The maximum absolute atomic E-state index is 12.1. The highest BCUT2D eigenvalue weighted by Gasteiger charge is 2.25. The monoisotopic (exact) mass is 528 g/mol. The third-order valence-corrected chi connectivity index (χ3v) is 5.02. The van der Waals surface area contributed by atoms with E-state index in [-0.39, 0.29) is 22.3 Å². The van der Waals surface area contributed by atoms with E-state index in [1.165, 1.54) is 58.5 Å². The van der Waals surface area contributed by atoms with Crippen molar-refractivity contribution in [1.82, 2.24) is 20.0 Å². The Morgan fingerprint density at radius 1 is 0.579 bits per heavy atom. The number of benzene rings is 2. The fourth-order valence-electron chi connectivity index (χ4n) is 2.94. The van der Waals surface area contributed by atoms with Gasteiger partial charge in [-0.1, -0.05) is 19.1 Å². The van der Waals surface area contributed by atoms with Crippen LogP contribution in [-0.4, -0.2) is 71.9 Å². The van der Waals surface area contributed by atoms with Gasteiger partial charge in [0.2, 0.25) is 0 Å². The van der Waals surface area contributed by atoms with E-state index >= 15 is 0 Å². The zero-order chi connectivity index (χ0) is 29.0. The first-order chi connectivity index (χ1) is 18.0. The van der Waals surface area contributed by atoms with Gasteiger partial charge in [-0.25, -0.2) is 0 Å². The van der Waals surface area contributed by atoms with E-state index in [0.717, 1.165) is 0 Å². The fraction of sp³-hybridized carbons (Fsp3) is 0.273. The number of carbonyl (C=O) groups is 4. The molecule has 16 nitrogen and oxygen atoms in total. The summed E-state index contributed by atoms with van der Waals surface area (Å²) in [4.78, 5) is 88.5. The van der Waals surface area contributed by atoms with Gasteiger partial charge in [0.1, 0.15) is 0 Å². The Bertz CT molecular complexity index is 1190. The average Bonchev–Trinajstić information content (AvgIpc) is 2.97. The molecule has 0 radical (unpaired) electrons. The third-order valence-electron chi connectivity index (χ3n) is 5.02. The highest BCUT2D eigenvalue weighted by molar-refractivity contribution is 6.08. The summed E-state index contributed by atoms with van der Waals surface area (Å²) in [5.74, 6) is -2.62. The van der Waals surface area contributed by atoms with Crippen LogP contribution in [0.5, 0.6) is 0 Å². The van der Waals surface area contributed by atoms with E-state index < -0.39 is 23.6 Å². The summed E-state index contributed by atoms with van der Waals surface area (Å²) in [5.41, 5.74) is 1.05. The van der Waals surface area contributed by atoms with Crippen LogP contribution in [0.15, 0.2) is 63.6 Å². The van der Waals surface area contributed by atoms with E-state index in [2.05, 4.69) is 21.1 Å². The molecule has 0 saturated carbocycles. The van der Waals surface area contributed by atoms with E-state index in [1.807, 2.05) is 0 Å². The Morgan fingerprint density at radius 3 is 1.32 bits per heavy atom. The molecule has 2 aromatic rings. The highest BCUT2D eigenvalue weighted by Crippen LogP contribution is 2.19. The normalized spacial score (nSPS) is 9.61. The van der Waals surface area contributed by atoms with E-state index in [1.54, 1.807) is 19.1 Å². The minimum atomic E-state index is -0.724. The lowest BCUT2D eigenvalue weighted by Gasteiger charge is -2.16. The third kappa shape index (κ3) is 7.36. The van der Waals surface area contributed by atoms with Gasteiger partial charge in [0.25, 0.3) is 23.6 Å².